The summed E-state index contributed by atoms with van der Waals surface area (Å²) in [4.78, 5) is 0. The third-order valence-corrected chi connectivity index (χ3v) is 3.66. The molecule has 2 aromatic carbocycles. The first-order chi connectivity index (χ1) is 8.79. The van der Waals surface area contributed by atoms with E-state index in [9.17, 15) is 0 Å². The number of nitrogens with one attached hydrogen (secondary N) is 1. The minimum atomic E-state index is 0.405. The zero-order chi connectivity index (χ0) is 12.8. The maximum atomic E-state index is 3.53. The minimum Gasteiger partial charge on any atom is -0.313 e. The van der Waals surface area contributed by atoms with Gasteiger partial charge in [0.05, 0.1) is 0 Å². The summed E-state index contributed by atoms with van der Waals surface area (Å²) in [6.07, 6.45) is 2.20. The van der Waals surface area contributed by atoms with E-state index in [-0.39, 0.29) is 0 Å². The van der Waals surface area contributed by atoms with E-state index in [4.69, 9.17) is 0 Å². The van der Waals surface area contributed by atoms with Gasteiger partial charge in [0.1, 0.15) is 0 Å². The molecule has 2 heteroatoms. The number of hydrogen-bond acceptors (Lipinski definition) is 1. The zero-order valence-corrected chi connectivity index (χ0v) is 12.2. The lowest BCUT2D eigenvalue weighted by Crippen LogP contribution is -2.17. The van der Waals surface area contributed by atoms with Crippen LogP contribution in [0.25, 0.3) is 0 Å². The summed E-state index contributed by atoms with van der Waals surface area (Å²) >= 11 is 3.53. The molecule has 0 aliphatic heterocycles. The Hall–Kier alpha value is -1.12. The normalized spacial score (nSPS) is 12.3. The predicted molar refractivity (Wildman–Crippen MR) is 80.7 cm³/mol. The summed E-state index contributed by atoms with van der Waals surface area (Å²) in [7, 11) is 2.02. The molecule has 0 aromatic heterocycles. The van der Waals surface area contributed by atoms with Crippen LogP contribution in [0.1, 0.15) is 23.6 Å². The van der Waals surface area contributed by atoms with Crippen LogP contribution < -0.4 is 5.32 Å². The van der Waals surface area contributed by atoms with Crippen LogP contribution in [0.4, 0.5) is 0 Å². The molecular formula is C16H18BrN. The molecule has 1 atom stereocenters. The molecule has 0 spiro atoms. The molecule has 0 heterocycles. The van der Waals surface area contributed by atoms with Crippen LogP contribution in [-0.4, -0.2) is 7.05 Å². The standard InChI is InChI=1S/C16H18BrN/c1-18-16(14-8-5-9-15(17)12-14)11-10-13-6-3-2-4-7-13/h2-9,12,16,18H,10-11H2,1H3. The van der Waals surface area contributed by atoms with Gasteiger partial charge in [-0.1, -0.05) is 58.4 Å². The Bertz CT molecular complexity index is 481. The van der Waals surface area contributed by atoms with Gasteiger partial charge in [-0.15, -0.1) is 0 Å². The Balaban J connectivity index is 2.02. The van der Waals surface area contributed by atoms with Crippen molar-refractivity contribution in [1.82, 2.24) is 5.32 Å². The average molecular weight is 304 g/mol. The lowest BCUT2D eigenvalue weighted by Gasteiger charge is -2.17. The molecular weight excluding hydrogens is 286 g/mol. The van der Waals surface area contributed by atoms with Crippen molar-refractivity contribution in [3.05, 3.63) is 70.2 Å². The highest BCUT2D eigenvalue weighted by atomic mass is 79.9. The highest BCUT2D eigenvalue weighted by Crippen LogP contribution is 2.22. The van der Waals surface area contributed by atoms with Gasteiger partial charge in [-0.25, -0.2) is 0 Å². The van der Waals surface area contributed by atoms with Crippen molar-refractivity contribution in [2.45, 2.75) is 18.9 Å². The summed E-state index contributed by atoms with van der Waals surface area (Å²) in [5.74, 6) is 0. The van der Waals surface area contributed by atoms with E-state index in [1.54, 1.807) is 0 Å². The molecule has 0 bridgehead atoms. The third-order valence-electron chi connectivity index (χ3n) is 3.16. The Morgan fingerprint density at radius 3 is 2.50 bits per heavy atom. The molecule has 1 N–H and O–H groups in total. The van der Waals surface area contributed by atoms with E-state index in [1.165, 1.54) is 11.1 Å². The van der Waals surface area contributed by atoms with E-state index in [0.29, 0.717) is 6.04 Å². The SMILES string of the molecule is CNC(CCc1ccccc1)c1cccc(Br)c1. The highest BCUT2D eigenvalue weighted by molar-refractivity contribution is 9.10. The summed E-state index contributed by atoms with van der Waals surface area (Å²) in [5, 5.41) is 3.39. The van der Waals surface area contributed by atoms with Gasteiger partial charge in [0.25, 0.3) is 0 Å². The zero-order valence-electron chi connectivity index (χ0n) is 10.6. The van der Waals surface area contributed by atoms with Crippen molar-refractivity contribution >= 4 is 15.9 Å². The molecule has 2 rings (SSSR count). The fraction of sp³-hybridized carbons (Fsp3) is 0.250. The fourth-order valence-corrected chi connectivity index (χ4v) is 2.57. The van der Waals surface area contributed by atoms with Crippen LogP contribution >= 0.6 is 15.9 Å². The Kier molecular flexibility index (Phi) is 4.97. The molecule has 0 aliphatic carbocycles. The van der Waals surface area contributed by atoms with Gasteiger partial charge in [-0.05, 0) is 43.1 Å². The second-order valence-corrected chi connectivity index (χ2v) is 5.34. The molecule has 1 nitrogen and oxygen atoms in total. The smallest absolute Gasteiger partial charge is 0.0321 e. The molecule has 94 valence electrons. The molecule has 1 unspecified atom stereocenters. The summed E-state index contributed by atoms with van der Waals surface area (Å²) in [6, 6.07) is 19.6. The van der Waals surface area contributed by atoms with Crippen LogP contribution in [0.5, 0.6) is 0 Å². The molecule has 0 amide bonds. The first-order valence-electron chi connectivity index (χ1n) is 6.26. The van der Waals surface area contributed by atoms with Gasteiger partial charge >= 0.3 is 0 Å². The van der Waals surface area contributed by atoms with E-state index in [0.717, 1.165) is 17.3 Å². The molecule has 0 saturated carbocycles. The number of hydrogen-bond donors (Lipinski definition) is 1. The summed E-state index contributed by atoms with van der Waals surface area (Å²) < 4.78 is 1.14. The topological polar surface area (TPSA) is 12.0 Å². The Labute approximate surface area is 117 Å². The summed E-state index contributed by atoms with van der Waals surface area (Å²) in [6.45, 7) is 0. The quantitative estimate of drug-likeness (QED) is 0.866. The van der Waals surface area contributed by atoms with Gasteiger partial charge in [0, 0.05) is 10.5 Å². The average Bonchev–Trinajstić information content (AvgIpc) is 2.41. The van der Waals surface area contributed by atoms with Crippen molar-refractivity contribution in [3.63, 3.8) is 0 Å². The lowest BCUT2D eigenvalue weighted by atomic mass is 9.99. The van der Waals surface area contributed by atoms with E-state index in [1.807, 2.05) is 7.05 Å². The first-order valence-corrected chi connectivity index (χ1v) is 7.05. The van der Waals surface area contributed by atoms with Crippen molar-refractivity contribution in [2.75, 3.05) is 7.05 Å². The fourth-order valence-electron chi connectivity index (χ4n) is 2.16. The Morgan fingerprint density at radius 1 is 1.06 bits per heavy atom. The van der Waals surface area contributed by atoms with Crippen molar-refractivity contribution in [1.29, 1.82) is 0 Å². The van der Waals surface area contributed by atoms with E-state index >= 15 is 0 Å². The van der Waals surface area contributed by atoms with Crippen molar-refractivity contribution in [3.8, 4) is 0 Å². The molecule has 2 aromatic rings. The van der Waals surface area contributed by atoms with Crippen LogP contribution in [0.15, 0.2) is 59.1 Å². The van der Waals surface area contributed by atoms with Crippen LogP contribution in [0, 0.1) is 0 Å². The molecule has 0 radical (unpaired) electrons. The van der Waals surface area contributed by atoms with Crippen LogP contribution in [0.3, 0.4) is 0 Å². The molecule has 18 heavy (non-hydrogen) atoms. The molecule has 0 fully saturated rings. The monoisotopic (exact) mass is 303 g/mol. The van der Waals surface area contributed by atoms with Gasteiger partial charge in [-0.2, -0.15) is 0 Å². The maximum absolute atomic E-state index is 3.53. The van der Waals surface area contributed by atoms with Gasteiger partial charge in [0.2, 0.25) is 0 Å². The maximum Gasteiger partial charge on any atom is 0.0321 e. The second-order valence-electron chi connectivity index (χ2n) is 4.42. The number of halogens is 1. The van der Waals surface area contributed by atoms with Gasteiger partial charge < -0.3 is 5.32 Å². The van der Waals surface area contributed by atoms with Crippen molar-refractivity contribution < 1.29 is 0 Å². The third kappa shape index (κ3) is 3.69. The van der Waals surface area contributed by atoms with Crippen LogP contribution in [0.2, 0.25) is 0 Å². The first kappa shape index (κ1) is 13.3. The number of rotatable bonds is 5. The second kappa shape index (κ2) is 6.72. The predicted octanol–water partition coefficient (Wildman–Crippen LogP) is 4.34. The lowest BCUT2D eigenvalue weighted by molar-refractivity contribution is 0.549. The molecule has 0 saturated heterocycles. The molecule has 0 aliphatic rings. The van der Waals surface area contributed by atoms with Crippen LogP contribution in [-0.2, 0) is 6.42 Å². The van der Waals surface area contributed by atoms with Crippen molar-refractivity contribution in [2.24, 2.45) is 0 Å². The number of benzene rings is 2. The van der Waals surface area contributed by atoms with Gasteiger partial charge in [-0.3, -0.25) is 0 Å². The highest BCUT2D eigenvalue weighted by Gasteiger charge is 2.09. The number of aryl methyl sites for hydroxylation is 1. The summed E-state index contributed by atoms with van der Waals surface area (Å²) in [5.41, 5.74) is 2.73. The minimum absolute atomic E-state index is 0.405. The Morgan fingerprint density at radius 2 is 1.83 bits per heavy atom. The van der Waals surface area contributed by atoms with E-state index < -0.39 is 0 Å². The van der Waals surface area contributed by atoms with E-state index in [2.05, 4.69) is 75.8 Å². The van der Waals surface area contributed by atoms with Gasteiger partial charge in [0.15, 0.2) is 0 Å². The largest absolute Gasteiger partial charge is 0.313 e.